The van der Waals surface area contributed by atoms with Gasteiger partial charge in [0.2, 0.25) is 0 Å². The Kier molecular flexibility index (Phi) is 5.16. The van der Waals surface area contributed by atoms with E-state index in [0.717, 1.165) is 15.8 Å². The van der Waals surface area contributed by atoms with Crippen LogP contribution in [0.3, 0.4) is 0 Å². The number of hydrogen-bond donors (Lipinski definition) is 1. The van der Waals surface area contributed by atoms with Crippen molar-refractivity contribution in [1.29, 1.82) is 0 Å². The fourth-order valence-electron chi connectivity index (χ4n) is 1.89. The van der Waals surface area contributed by atoms with Gasteiger partial charge in [-0.25, -0.2) is 0 Å². The standard InChI is InChI=1S/C15H15BrN2O3/c1-2-17-14-8-11(6-7-15(14)18(19)20)10-21-13-5-3-4-12(16)9-13/h3-9,17H,2,10H2,1H3. The van der Waals surface area contributed by atoms with Gasteiger partial charge in [-0.15, -0.1) is 0 Å². The molecule has 6 heteroatoms. The first kappa shape index (κ1) is 15.3. The summed E-state index contributed by atoms with van der Waals surface area (Å²) >= 11 is 3.38. The SMILES string of the molecule is CCNc1cc(COc2cccc(Br)c2)ccc1[N+](=O)[O-]. The van der Waals surface area contributed by atoms with Crippen molar-refractivity contribution in [3.63, 3.8) is 0 Å². The zero-order chi connectivity index (χ0) is 15.2. The van der Waals surface area contributed by atoms with Gasteiger partial charge in [0.05, 0.1) is 4.92 Å². The minimum atomic E-state index is -0.392. The van der Waals surface area contributed by atoms with Crippen LogP contribution < -0.4 is 10.1 Å². The van der Waals surface area contributed by atoms with E-state index in [1.165, 1.54) is 6.07 Å². The molecule has 0 radical (unpaired) electrons. The zero-order valence-electron chi connectivity index (χ0n) is 11.5. The van der Waals surface area contributed by atoms with Crippen molar-refractivity contribution in [2.24, 2.45) is 0 Å². The van der Waals surface area contributed by atoms with E-state index < -0.39 is 4.92 Å². The van der Waals surface area contributed by atoms with Gasteiger partial charge in [-0.2, -0.15) is 0 Å². The molecule has 0 aromatic heterocycles. The average molecular weight is 351 g/mol. The van der Waals surface area contributed by atoms with E-state index in [9.17, 15) is 10.1 Å². The maximum Gasteiger partial charge on any atom is 0.292 e. The molecule has 0 aliphatic heterocycles. The zero-order valence-corrected chi connectivity index (χ0v) is 13.1. The molecule has 1 N–H and O–H groups in total. The molecule has 0 saturated carbocycles. The van der Waals surface area contributed by atoms with Crippen molar-refractivity contribution in [2.75, 3.05) is 11.9 Å². The summed E-state index contributed by atoms with van der Waals surface area (Å²) in [5.74, 6) is 0.743. The first-order valence-electron chi connectivity index (χ1n) is 6.49. The third-order valence-corrected chi connectivity index (χ3v) is 3.32. The molecular weight excluding hydrogens is 336 g/mol. The second-order valence-electron chi connectivity index (χ2n) is 4.38. The Bertz CT molecular complexity index is 647. The van der Waals surface area contributed by atoms with Crippen molar-refractivity contribution in [3.8, 4) is 5.75 Å². The molecule has 21 heavy (non-hydrogen) atoms. The topological polar surface area (TPSA) is 64.4 Å². The van der Waals surface area contributed by atoms with Crippen LogP contribution in [0.4, 0.5) is 11.4 Å². The van der Waals surface area contributed by atoms with Gasteiger partial charge in [0.25, 0.3) is 5.69 Å². The lowest BCUT2D eigenvalue weighted by Gasteiger charge is -2.09. The monoisotopic (exact) mass is 350 g/mol. The lowest BCUT2D eigenvalue weighted by Crippen LogP contribution is -2.03. The Morgan fingerprint density at radius 3 is 2.76 bits per heavy atom. The lowest BCUT2D eigenvalue weighted by atomic mass is 10.2. The summed E-state index contributed by atoms with van der Waals surface area (Å²) in [6.45, 7) is 2.87. The predicted molar refractivity (Wildman–Crippen MR) is 85.7 cm³/mol. The summed E-state index contributed by atoms with van der Waals surface area (Å²) in [4.78, 5) is 10.6. The normalized spacial score (nSPS) is 10.2. The summed E-state index contributed by atoms with van der Waals surface area (Å²) in [7, 11) is 0. The number of nitrogens with one attached hydrogen (secondary N) is 1. The van der Waals surface area contributed by atoms with E-state index in [2.05, 4.69) is 21.2 Å². The summed E-state index contributed by atoms with van der Waals surface area (Å²) in [6.07, 6.45) is 0. The third kappa shape index (κ3) is 4.19. The van der Waals surface area contributed by atoms with Crippen LogP contribution in [-0.2, 0) is 6.61 Å². The molecule has 0 aliphatic rings. The van der Waals surface area contributed by atoms with Gasteiger partial charge in [0.1, 0.15) is 18.0 Å². The van der Waals surface area contributed by atoms with Gasteiger partial charge in [-0.1, -0.05) is 22.0 Å². The second-order valence-corrected chi connectivity index (χ2v) is 5.30. The van der Waals surface area contributed by atoms with Crippen LogP contribution in [0.5, 0.6) is 5.75 Å². The van der Waals surface area contributed by atoms with Gasteiger partial charge in [-0.05, 0) is 42.8 Å². The van der Waals surface area contributed by atoms with E-state index >= 15 is 0 Å². The number of anilines is 1. The number of ether oxygens (including phenoxy) is 1. The molecule has 0 amide bonds. The maximum absolute atomic E-state index is 11.0. The summed E-state index contributed by atoms with van der Waals surface area (Å²) < 4.78 is 6.62. The van der Waals surface area contributed by atoms with E-state index in [4.69, 9.17) is 4.74 Å². The van der Waals surface area contributed by atoms with E-state index in [1.807, 2.05) is 31.2 Å². The van der Waals surface area contributed by atoms with Crippen LogP contribution in [-0.4, -0.2) is 11.5 Å². The fraction of sp³-hybridized carbons (Fsp3) is 0.200. The molecule has 2 rings (SSSR count). The Hall–Kier alpha value is -2.08. The molecule has 0 unspecified atom stereocenters. The Morgan fingerprint density at radius 2 is 2.10 bits per heavy atom. The highest BCUT2D eigenvalue weighted by molar-refractivity contribution is 9.10. The molecule has 2 aromatic rings. The number of rotatable bonds is 6. The summed E-state index contributed by atoms with van der Waals surface area (Å²) in [5, 5.41) is 14.0. The van der Waals surface area contributed by atoms with Crippen molar-refractivity contribution in [1.82, 2.24) is 0 Å². The van der Waals surface area contributed by atoms with Crippen molar-refractivity contribution in [3.05, 3.63) is 62.6 Å². The van der Waals surface area contributed by atoms with Crippen LogP contribution in [0.25, 0.3) is 0 Å². The van der Waals surface area contributed by atoms with E-state index in [-0.39, 0.29) is 5.69 Å². The van der Waals surface area contributed by atoms with Gasteiger partial charge < -0.3 is 10.1 Å². The van der Waals surface area contributed by atoms with Gasteiger partial charge in [0, 0.05) is 17.1 Å². The molecule has 0 spiro atoms. The first-order valence-corrected chi connectivity index (χ1v) is 7.29. The largest absolute Gasteiger partial charge is 0.489 e. The highest BCUT2D eigenvalue weighted by atomic mass is 79.9. The van der Waals surface area contributed by atoms with Crippen LogP contribution >= 0.6 is 15.9 Å². The molecule has 110 valence electrons. The summed E-state index contributed by atoms with van der Waals surface area (Å²) in [6, 6.07) is 12.5. The average Bonchev–Trinajstić information content (AvgIpc) is 2.45. The van der Waals surface area contributed by atoms with Crippen LogP contribution in [0.2, 0.25) is 0 Å². The predicted octanol–water partition coefficient (Wildman–Crippen LogP) is 4.37. The third-order valence-electron chi connectivity index (χ3n) is 2.83. The van der Waals surface area contributed by atoms with Crippen LogP contribution in [0.1, 0.15) is 12.5 Å². The number of nitro benzene ring substituents is 1. The number of hydrogen-bond acceptors (Lipinski definition) is 4. The van der Waals surface area contributed by atoms with Gasteiger partial charge in [-0.3, -0.25) is 10.1 Å². The number of nitro groups is 1. The lowest BCUT2D eigenvalue weighted by molar-refractivity contribution is -0.384. The van der Waals surface area contributed by atoms with Crippen molar-refractivity contribution < 1.29 is 9.66 Å². The van der Waals surface area contributed by atoms with E-state index in [0.29, 0.717) is 18.8 Å². The smallest absolute Gasteiger partial charge is 0.292 e. The minimum Gasteiger partial charge on any atom is -0.489 e. The van der Waals surface area contributed by atoms with Gasteiger partial charge in [0.15, 0.2) is 0 Å². The second kappa shape index (κ2) is 7.08. The number of nitrogens with zero attached hydrogens (tertiary/aromatic N) is 1. The molecule has 2 aromatic carbocycles. The highest BCUT2D eigenvalue weighted by Gasteiger charge is 2.13. The van der Waals surface area contributed by atoms with E-state index in [1.54, 1.807) is 12.1 Å². The molecule has 0 bridgehead atoms. The van der Waals surface area contributed by atoms with Crippen LogP contribution in [0.15, 0.2) is 46.9 Å². The minimum absolute atomic E-state index is 0.0723. The van der Waals surface area contributed by atoms with Crippen molar-refractivity contribution >= 4 is 27.3 Å². The molecule has 0 aliphatic carbocycles. The Labute approximate surface area is 131 Å². The molecule has 0 fully saturated rings. The molecule has 0 heterocycles. The first-order chi connectivity index (χ1) is 10.1. The quantitative estimate of drug-likeness (QED) is 0.620. The Balaban J connectivity index is 2.13. The van der Waals surface area contributed by atoms with Gasteiger partial charge >= 0.3 is 0 Å². The fourth-order valence-corrected chi connectivity index (χ4v) is 2.27. The van der Waals surface area contributed by atoms with Crippen LogP contribution in [0, 0.1) is 10.1 Å². The maximum atomic E-state index is 11.0. The molecule has 5 nitrogen and oxygen atoms in total. The molecule has 0 atom stereocenters. The highest BCUT2D eigenvalue weighted by Crippen LogP contribution is 2.26. The number of halogens is 1. The number of benzene rings is 2. The Morgan fingerprint density at radius 1 is 1.29 bits per heavy atom. The van der Waals surface area contributed by atoms with Crippen molar-refractivity contribution in [2.45, 2.75) is 13.5 Å². The summed E-state index contributed by atoms with van der Waals surface area (Å²) in [5.41, 5.74) is 1.46. The molecular formula is C15H15BrN2O3. The molecule has 0 saturated heterocycles.